The van der Waals surface area contributed by atoms with Gasteiger partial charge in [-0.3, -0.25) is 4.79 Å². The average molecular weight is 210 g/mol. The summed E-state index contributed by atoms with van der Waals surface area (Å²) in [6, 6.07) is 0.641. The third-order valence-corrected chi connectivity index (χ3v) is 3.80. The Bertz CT molecular complexity index is 242. The largest absolute Gasteiger partial charge is 0.338 e. The summed E-state index contributed by atoms with van der Waals surface area (Å²) < 4.78 is 0. The second kappa shape index (κ2) is 4.52. The normalized spacial score (nSPS) is 36.5. The molecule has 1 aliphatic carbocycles. The standard InChI is InChI=1S/C12H22N2O/c1-3-13-11-6-7-14(12(11)15)10-5-4-9(2)8-10/h9-11,13H,3-8H2,1-2H3. The Balaban J connectivity index is 1.92. The zero-order valence-corrected chi connectivity index (χ0v) is 9.83. The van der Waals surface area contributed by atoms with Crippen molar-refractivity contribution in [2.75, 3.05) is 13.1 Å². The Kier molecular flexibility index (Phi) is 3.29. The number of likely N-dealkylation sites (N-methyl/N-ethyl adjacent to an activating group) is 1. The third kappa shape index (κ3) is 2.17. The van der Waals surface area contributed by atoms with Crippen LogP contribution in [-0.2, 0) is 4.79 Å². The van der Waals surface area contributed by atoms with Gasteiger partial charge in [0.1, 0.15) is 0 Å². The van der Waals surface area contributed by atoms with E-state index in [1.807, 2.05) is 0 Å². The number of hydrogen-bond donors (Lipinski definition) is 1. The van der Waals surface area contributed by atoms with Gasteiger partial charge >= 0.3 is 0 Å². The molecule has 1 saturated heterocycles. The van der Waals surface area contributed by atoms with Gasteiger partial charge in [-0.05, 0) is 38.1 Å². The molecule has 2 aliphatic rings. The van der Waals surface area contributed by atoms with Gasteiger partial charge in [-0.25, -0.2) is 0 Å². The van der Waals surface area contributed by atoms with E-state index in [9.17, 15) is 4.79 Å². The molecule has 1 N–H and O–H groups in total. The molecule has 3 unspecified atom stereocenters. The monoisotopic (exact) mass is 210 g/mol. The minimum Gasteiger partial charge on any atom is -0.338 e. The van der Waals surface area contributed by atoms with Crippen LogP contribution >= 0.6 is 0 Å². The lowest BCUT2D eigenvalue weighted by molar-refractivity contribution is -0.131. The van der Waals surface area contributed by atoms with E-state index in [4.69, 9.17) is 0 Å². The average Bonchev–Trinajstić information content (AvgIpc) is 2.76. The highest BCUT2D eigenvalue weighted by atomic mass is 16.2. The molecule has 1 aliphatic heterocycles. The quantitative estimate of drug-likeness (QED) is 0.763. The summed E-state index contributed by atoms with van der Waals surface area (Å²) in [6.07, 6.45) is 4.72. The fourth-order valence-corrected chi connectivity index (χ4v) is 2.96. The first-order chi connectivity index (χ1) is 7.22. The van der Waals surface area contributed by atoms with Gasteiger partial charge in [-0.15, -0.1) is 0 Å². The molecule has 0 bridgehead atoms. The van der Waals surface area contributed by atoms with Crippen molar-refractivity contribution in [1.82, 2.24) is 10.2 Å². The number of carbonyl (C=O) groups is 1. The lowest BCUT2D eigenvalue weighted by atomic mass is 10.1. The van der Waals surface area contributed by atoms with Crippen molar-refractivity contribution >= 4 is 5.91 Å². The van der Waals surface area contributed by atoms with E-state index in [1.165, 1.54) is 19.3 Å². The van der Waals surface area contributed by atoms with Crippen LogP contribution in [0, 0.1) is 5.92 Å². The maximum atomic E-state index is 12.1. The van der Waals surface area contributed by atoms with E-state index in [0.717, 1.165) is 25.4 Å². The number of nitrogens with zero attached hydrogens (tertiary/aromatic N) is 1. The van der Waals surface area contributed by atoms with Crippen molar-refractivity contribution in [2.24, 2.45) is 5.92 Å². The van der Waals surface area contributed by atoms with Crippen LogP contribution in [0.2, 0.25) is 0 Å². The van der Waals surface area contributed by atoms with Crippen LogP contribution in [0.3, 0.4) is 0 Å². The van der Waals surface area contributed by atoms with Crippen molar-refractivity contribution in [3.63, 3.8) is 0 Å². The van der Waals surface area contributed by atoms with Crippen molar-refractivity contribution in [3.8, 4) is 0 Å². The summed E-state index contributed by atoms with van der Waals surface area (Å²) in [5.41, 5.74) is 0. The molecule has 3 nitrogen and oxygen atoms in total. The molecule has 3 heteroatoms. The van der Waals surface area contributed by atoms with Crippen LogP contribution < -0.4 is 5.32 Å². The van der Waals surface area contributed by atoms with Crippen LogP contribution in [-0.4, -0.2) is 36.0 Å². The molecule has 15 heavy (non-hydrogen) atoms. The Labute approximate surface area is 92.2 Å². The van der Waals surface area contributed by atoms with Gasteiger partial charge in [0.05, 0.1) is 6.04 Å². The summed E-state index contributed by atoms with van der Waals surface area (Å²) >= 11 is 0. The maximum absolute atomic E-state index is 12.1. The second-order valence-electron chi connectivity index (χ2n) is 5.00. The number of carbonyl (C=O) groups excluding carboxylic acids is 1. The fraction of sp³-hybridized carbons (Fsp3) is 0.917. The molecule has 0 aromatic carbocycles. The van der Waals surface area contributed by atoms with Crippen LogP contribution in [0.25, 0.3) is 0 Å². The highest BCUT2D eigenvalue weighted by molar-refractivity contribution is 5.84. The van der Waals surface area contributed by atoms with E-state index < -0.39 is 0 Å². The highest BCUT2D eigenvalue weighted by Crippen LogP contribution is 2.31. The second-order valence-corrected chi connectivity index (χ2v) is 5.00. The van der Waals surface area contributed by atoms with Gasteiger partial charge in [0.2, 0.25) is 5.91 Å². The molecule has 2 fully saturated rings. The SMILES string of the molecule is CCNC1CCN(C2CCC(C)C2)C1=O. The molecule has 1 saturated carbocycles. The summed E-state index contributed by atoms with van der Waals surface area (Å²) in [7, 11) is 0. The van der Waals surface area contributed by atoms with E-state index in [1.54, 1.807) is 0 Å². The van der Waals surface area contributed by atoms with Crippen molar-refractivity contribution < 1.29 is 4.79 Å². The zero-order valence-electron chi connectivity index (χ0n) is 9.83. The Hall–Kier alpha value is -0.570. The highest BCUT2D eigenvalue weighted by Gasteiger charge is 2.37. The molecular weight excluding hydrogens is 188 g/mol. The first kappa shape index (κ1) is 10.9. The molecule has 1 heterocycles. The predicted molar refractivity (Wildman–Crippen MR) is 60.6 cm³/mol. The minimum atomic E-state index is 0.103. The number of nitrogens with one attached hydrogen (secondary N) is 1. The lowest BCUT2D eigenvalue weighted by Crippen LogP contribution is -2.41. The van der Waals surface area contributed by atoms with Crippen LogP contribution in [0.1, 0.15) is 39.5 Å². The zero-order chi connectivity index (χ0) is 10.8. The van der Waals surface area contributed by atoms with Crippen molar-refractivity contribution in [1.29, 1.82) is 0 Å². The summed E-state index contributed by atoms with van der Waals surface area (Å²) in [6.45, 7) is 6.22. The Morgan fingerprint density at radius 1 is 1.40 bits per heavy atom. The van der Waals surface area contributed by atoms with Crippen LogP contribution in [0.15, 0.2) is 0 Å². The van der Waals surface area contributed by atoms with Gasteiger partial charge in [0, 0.05) is 12.6 Å². The van der Waals surface area contributed by atoms with E-state index in [-0.39, 0.29) is 6.04 Å². The molecule has 0 aromatic heterocycles. The molecule has 86 valence electrons. The van der Waals surface area contributed by atoms with E-state index in [2.05, 4.69) is 24.1 Å². The van der Waals surface area contributed by atoms with E-state index in [0.29, 0.717) is 11.9 Å². The van der Waals surface area contributed by atoms with Gasteiger partial charge in [-0.1, -0.05) is 13.8 Å². The van der Waals surface area contributed by atoms with Gasteiger partial charge in [0.15, 0.2) is 0 Å². The molecule has 0 aromatic rings. The molecule has 2 rings (SSSR count). The Morgan fingerprint density at radius 3 is 2.80 bits per heavy atom. The van der Waals surface area contributed by atoms with Crippen molar-refractivity contribution in [2.45, 2.75) is 51.6 Å². The van der Waals surface area contributed by atoms with Crippen LogP contribution in [0.5, 0.6) is 0 Å². The summed E-state index contributed by atoms with van der Waals surface area (Å²) in [4.78, 5) is 14.2. The first-order valence-corrected chi connectivity index (χ1v) is 6.26. The molecule has 0 spiro atoms. The molecular formula is C12H22N2O. The molecule has 3 atom stereocenters. The minimum absolute atomic E-state index is 0.103. The lowest BCUT2D eigenvalue weighted by Gasteiger charge is -2.24. The molecule has 1 amide bonds. The third-order valence-electron chi connectivity index (χ3n) is 3.80. The van der Waals surface area contributed by atoms with E-state index >= 15 is 0 Å². The topological polar surface area (TPSA) is 32.3 Å². The smallest absolute Gasteiger partial charge is 0.240 e. The first-order valence-electron chi connectivity index (χ1n) is 6.26. The molecule has 0 radical (unpaired) electrons. The Morgan fingerprint density at radius 2 is 2.20 bits per heavy atom. The number of amides is 1. The number of hydrogen-bond acceptors (Lipinski definition) is 2. The summed E-state index contributed by atoms with van der Waals surface area (Å²) in [5, 5.41) is 3.27. The summed E-state index contributed by atoms with van der Waals surface area (Å²) in [5.74, 6) is 1.15. The fourth-order valence-electron chi connectivity index (χ4n) is 2.96. The van der Waals surface area contributed by atoms with Gasteiger partial charge < -0.3 is 10.2 Å². The van der Waals surface area contributed by atoms with Crippen LogP contribution in [0.4, 0.5) is 0 Å². The van der Waals surface area contributed by atoms with Gasteiger partial charge in [-0.2, -0.15) is 0 Å². The maximum Gasteiger partial charge on any atom is 0.240 e. The number of rotatable bonds is 3. The predicted octanol–water partition coefficient (Wildman–Crippen LogP) is 1.39. The van der Waals surface area contributed by atoms with Crippen molar-refractivity contribution in [3.05, 3.63) is 0 Å². The number of likely N-dealkylation sites (tertiary alicyclic amines) is 1. The van der Waals surface area contributed by atoms with Gasteiger partial charge in [0.25, 0.3) is 0 Å².